The second kappa shape index (κ2) is 19.0. The first-order valence-corrected chi connectivity index (χ1v) is 14.2. The number of amides is 1. The number of unbranched alkanes of at least 4 members (excludes halogenated alkanes) is 2. The second-order valence-electron chi connectivity index (χ2n) is 9.01. The van der Waals surface area contributed by atoms with Crippen molar-refractivity contribution in [3.63, 3.8) is 0 Å². The van der Waals surface area contributed by atoms with Crippen LogP contribution in [-0.4, -0.2) is 70.1 Å². The van der Waals surface area contributed by atoms with Crippen molar-refractivity contribution in [2.45, 2.75) is 84.5 Å². The third-order valence-electron chi connectivity index (χ3n) is 6.47. The average Bonchev–Trinajstić information content (AvgIpc) is 3.47. The maximum atomic E-state index is 12.5. The van der Waals surface area contributed by atoms with E-state index in [1.165, 1.54) is 7.05 Å². The number of rotatable bonds is 15. The van der Waals surface area contributed by atoms with Crippen LogP contribution in [0.15, 0.2) is 36.9 Å². The summed E-state index contributed by atoms with van der Waals surface area (Å²) in [7, 11) is 3.20. The SMILES string of the molecule is CC.CCN(C=O)C(C)c1cc(-c2cn3ccnc3c(OCCCCC[C@H](CCC(F)(F)F)NC)n2)ccn1.CN. The molecule has 0 saturated heterocycles. The van der Waals surface area contributed by atoms with Crippen LogP contribution in [0.1, 0.15) is 78.0 Å². The van der Waals surface area contributed by atoms with Crippen LogP contribution in [0.5, 0.6) is 5.88 Å². The topological polar surface area (TPSA) is 111 Å². The van der Waals surface area contributed by atoms with Gasteiger partial charge in [0.1, 0.15) is 0 Å². The number of hydrogen-bond acceptors (Lipinski definition) is 7. The number of aromatic nitrogens is 4. The summed E-state index contributed by atoms with van der Waals surface area (Å²) < 4.78 is 45.2. The largest absolute Gasteiger partial charge is 0.475 e. The Morgan fingerprint density at radius 3 is 2.51 bits per heavy atom. The number of hydrogen-bond donors (Lipinski definition) is 2. The number of ether oxygens (including phenoxy) is 1. The number of nitrogens with one attached hydrogen (secondary N) is 1. The Hall–Kier alpha value is -3.25. The van der Waals surface area contributed by atoms with E-state index in [1.807, 2.05) is 56.6 Å². The lowest BCUT2D eigenvalue weighted by Crippen LogP contribution is -2.27. The van der Waals surface area contributed by atoms with Crippen molar-refractivity contribution >= 4 is 12.1 Å². The van der Waals surface area contributed by atoms with Gasteiger partial charge in [-0.25, -0.2) is 9.97 Å². The van der Waals surface area contributed by atoms with Crippen molar-refractivity contribution in [1.29, 1.82) is 0 Å². The highest BCUT2D eigenvalue weighted by Gasteiger charge is 2.27. The maximum Gasteiger partial charge on any atom is 0.389 e. The van der Waals surface area contributed by atoms with Crippen LogP contribution in [0.2, 0.25) is 0 Å². The van der Waals surface area contributed by atoms with E-state index in [2.05, 4.69) is 21.0 Å². The van der Waals surface area contributed by atoms with Gasteiger partial charge >= 0.3 is 6.18 Å². The van der Waals surface area contributed by atoms with Crippen LogP contribution in [0.4, 0.5) is 13.2 Å². The summed E-state index contributed by atoms with van der Waals surface area (Å²) in [5, 5.41) is 2.98. The van der Waals surface area contributed by atoms with Gasteiger partial charge in [-0.1, -0.05) is 26.7 Å². The standard InChI is InChI=1S/C26H35F3N6O2.C2H6.CH5N/c1-4-34(18-36)19(2)22-16-20(10-12-31-22)23-17-35-14-13-32-24(35)25(33-23)37-15-7-5-6-8-21(30-3)9-11-26(27,28)29;2*1-2/h10,12-14,16-19,21,30H,4-9,11,15H2,1-3H3;1-2H3;2H2,1H3/t19?,21-;;/m1../s1. The van der Waals surface area contributed by atoms with E-state index in [4.69, 9.17) is 9.72 Å². The molecule has 3 rings (SSSR count). The molecule has 0 aliphatic rings. The van der Waals surface area contributed by atoms with Gasteiger partial charge in [0, 0.05) is 49.4 Å². The van der Waals surface area contributed by atoms with Crippen LogP contribution in [0.3, 0.4) is 0 Å². The molecule has 0 bridgehead atoms. The third kappa shape index (κ3) is 11.6. The van der Waals surface area contributed by atoms with Crippen LogP contribution in [-0.2, 0) is 4.79 Å². The monoisotopic (exact) mass is 581 g/mol. The molecule has 2 atom stereocenters. The van der Waals surface area contributed by atoms with Gasteiger partial charge in [0.25, 0.3) is 5.88 Å². The van der Waals surface area contributed by atoms with E-state index < -0.39 is 12.6 Å². The van der Waals surface area contributed by atoms with Gasteiger partial charge in [-0.05, 0) is 59.3 Å². The van der Waals surface area contributed by atoms with Gasteiger partial charge in [0.05, 0.1) is 24.0 Å². The Morgan fingerprint density at radius 1 is 1.15 bits per heavy atom. The molecule has 0 saturated carbocycles. The van der Waals surface area contributed by atoms with Crippen molar-refractivity contribution in [1.82, 2.24) is 29.6 Å². The van der Waals surface area contributed by atoms with E-state index >= 15 is 0 Å². The van der Waals surface area contributed by atoms with Crippen LogP contribution in [0.25, 0.3) is 16.9 Å². The molecule has 3 N–H and O–H groups in total. The first kappa shape index (κ1) is 35.8. The second-order valence-corrected chi connectivity index (χ2v) is 9.01. The molecule has 3 heterocycles. The van der Waals surface area contributed by atoms with Gasteiger partial charge in [-0.3, -0.25) is 9.78 Å². The van der Waals surface area contributed by atoms with Crippen molar-refractivity contribution < 1.29 is 22.7 Å². The summed E-state index contributed by atoms with van der Waals surface area (Å²) in [6, 6.07) is 3.46. The van der Waals surface area contributed by atoms with E-state index in [0.29, 0.717) is 36.8 Å². The lowest BCUT2D eigenvalue weighted by atomic mass is 10.0. The molecule has 1 amide bonds. The van der Waals surface area contributed by atoms with Gasteiger partial charge in [0.2, 0.25) is 12.1 Å². The van der Waals surface area contributed by atoms with Crippen molar-refractivity contribution in [2.75, 3.05) is 27.2 Å². The Labute approximate surface area is 241 Å². The summed E-state index contributed by atoms with van der Waals surface area (Å²) in [6.45, 7) is 8.85. The van der Waals surface area contributed by atoms with Crippen LogP contribution < -0.4 is 15.8 Å². The molecule has 0 fully saturated rings. The number of imidazole rings is 1. The lowest BCUT2D eigenvalue weighted by molar-refractivity contribution is -0.136. The highest BCUT2D eigenvalue weighted by molar-refractivity contribution is 5.63. The van der Waals surface area contributed by atoms with Crippen molar-refractivity contribution in [2.24, 2.45) is 5.73 Å². The first-order valence-electron chi connectivity index (χ1n) is 14.2. The molecular formula is C29H46F3N7O2. The smallest absolute Gasteiger partial charge is 0.389 e. The van der Waals surface area contributed by atoms with Gasteiger partial charge in [-0.15, -0.1) is 0 Å². The zero-order valence-corrected chi connectivity index (χ0v) is 25.1. The first-order chi connectivity index (χ1) is 19.8. The molecule has 0 aromatic carbocycles. The molecule has 0 aliphatic carbocycles. The number of nitrogens with two attached hydrogens (primary N) is 1. The Bertz CT molecular complexity index is 1140. The number of pyridine rings is 1. The number of nitrogens with zero attached hydrogens (tertiary/aromatic N) is 5. The van der Waals surface area contributed by atoms with Gasteiger partial charge in [0.15, 0.2) is 0 Å². The number of alkyl halides is 3. The summed E-state index contributed by atoms with van der Waals surface area (Å²) >= 11 is 0. The molecule has 0 radical (unpaired) electrons. The predicted octanol–water partition coefficient (Wildman–Crippen LogP) is 5.80. The highest BCUT2D eigenvalue weighted by Crippen LogP contribution is 2.27. The van der Waals surface area contributed by atoms with Crippen molar-refractivity contribution in [3.05, 3.63) is 42.6 Å². The average molecular weight is 582 g/mol. The zero-order valence-electron chi connectivity index (χ0n) is 25.1. The minimum absolute atomic E-state index is 0.0895. The van der Waals surface area contributed by atoms with Crippen LogP contribution >= 0.6 is 0 Å². The third-order valence-corrected chi connectivity index (χ3v) is 6.47. The van der Waals surface area contributed by atoms with E-state index in [9.17, 15) is 18.0 Å². The van der Waals surface area contributed by atoms with E-state index in [0.717, 1.165) is 36.9 Å². The summed E-state index contributed by atoms with van der Waals surface area (Å²) in [5.41, 5.74) is 7.40. The maximum absolute atomic E-state index is 12.5. The lowest BCUT2D eigenvalue weighted by Gasteiger charge is -2.23. The molecule has 41 heavy (non-hydrogen) atoms. The summed E-state index contributed by atoms with van der Waals surface area (Å²) in [5.74, 6) is 0.412. The molecule has 3 aromatic heterocycles. The number of fused-ring (bicyclic) bond motifs is 1. The molecule has 1 unspecified atom stereocenters. The molecule has 3 aromatic rings. The molecular weight excluding hydrogens is 535 g/mol. The fourth-order valence-electron chi connectivity index (χ4n) is 4.19. The summed E-state index contributed by atoms with van der Waals surface area (Å²) in [6.07, 6.45) is 6.18. The molecule has 230 valence electrons. The highest BCUT2D eigenvalue weighted by atomic mass is 19.4. The number of carbonyl (C=O) groups excluding carboxylic acids is 1. The number of halogens is 3. The minimum Gasteiger partial charge on any atom is -0.475 e. The van der Waals surface area contributed by atoms with Gasteiger partial charge in [-0.2, -0.15) is 13.2 Å². The van der Waals surface area contributed by atoms with E-state index in [1.54, 1.807) is 24.3 Å². The van der Waals surface area contributed by atoms with Crippen LogP contribution in [0, 0.1) is 0 Å². The Kier molecular flexibility index (Phi) is 16.6. The molecule has 9 nitrogen and oxygen atoms in total. The molecule has 0 aliphatic heterocycles. The minimum atomic E-state index is -4.12. The van der Waals surface area contributed by atoms with Gasteiger partial charge < -0.3 is 25.1 Å². The normalized spacial score (nSPS) is 12.4. The molecule has 12 heteroatoms. The number of carbonyl (C=O) groups is 1. The van der Waals surface area contributed by atoms with Crippen molar-refractivity contribution in [3.8, 4) is 17.1 Å². The summed E-state index contributed by atoms with van der Waals surface area (Å²) in [4.78, 5) is 26.5. The van der Waals surface area contributed by atoms with E-state index in [-0.39, 0.29) is 18.5 Å². The Morgan fingerprint density at radius 2 is 1.88 bits per heavy atom. The predicted molar refractivity (Wildman–Crippen MR) is 157 cm³/mol. The molecule has 0 spiro atoms. The zero-order chi connectivity index (χ0) is 30.8. The fourth-order valence-corrected chi connectivity index (χ4v) is 4.19. The Balaban J connectivity index is 0.00000201. The fraction of sp³-hybridized carbons (Fsp3) is 0.586. The quantitative estimate of drug-likeness (QED) is 0.172.